The van der Waals surface area contributed by atoms with Crippen LogP contribution in [0.4, 0.5) is 0 Å². The summed E-state index contributed by atoms with van der Waals surface area (Å²) in [7, 11) is 0. The largest absolute Gasteiger partial charge is 0.379 e. The van der Waals surface area contributed by atoms with Gasteiger partial charge in [-0.15, -0.1) is 11.3 Å². The Labute approximate surface area is 127 Å². The first-order valence-electron chi connectivity index (χ1n) is 7.67. The summed E-state index contributed by atoms with van der Waals surface area (Å²) in [6, 6.07) is 2.71. The van der Waals surface area contributed by atoms with E-state index in [1.165, 1.54) is 16.9 Å². The molecule has 4 heteroatoms. The Kier molecular flexibility index (Phi) is 5.61. The first-order valence-corrected chi connectivity index (χ1v) is 8.55. The molecule has 1 aromatic heterocycles. The minimum Gasteiger partial charge on any atom is -0.379 e. The van der Waals surface area contributed by atoms with Crippen molar-refractivity contribution in [1.29, 1.82) is 0 Å². The molecule has 2 heterocycles. The zero-order chi connectivity index (χ0) is 14.6. The molecule has 3 nitrogen and oxygen atoms in total. The van der Waals surface area contributed by atoms with Gasteiger partial charge in [0.05, 0.1) is 19.3 Å². The Morgan fingerprint density at radius 3 is 2.65 bits per heavy atom. The molecule has 1 unspecified atom stereocenters. The van der Waals surface area contributed by atoms with Crippen molar-refractivity contribution in [2.24, 2.45) is 0 Å². The minimum absolute atomic E-state index is 0.104. The highest BCUT2D eigenvalue weighted by Gasteiger charge is 2.37. The van der Waals surface area contributed by atoms with Gasteiger partial charge >= 0.3 is 0 Å². The molecule has 0 radical (unpaired) electrons. The van der Waals surface area contributed by atoms with E-state index in [-0.39, 0.29) is 5.54 Å². The van der Waals surface area contributed by atoms with E-state index in [0.29, 0.717) is 6.04 Å². The van der Waals surface area contributed by atoms with Crippen LogP contribution in [0.3, 0.4) is 0 Å². The summed E-state index contributed by atoms with van der Waals surface area (Å²) in [6.45, 7) is 14.0. The third-order valence-corrected chi connectivity index (χ3v) is 5.09. The molecule has 20 heavy (non-hydrogen) atoms. The molecule has 1 aliphatic heterocycles. The quantitative estimate of drug-likeness (QED) is 0.872. The molecule has 2 rings (SSSR count). The third kappa shape index (κ3) is 3.61. The number of nitrogens with zero attached hydrogens (tertiary/aromatic N) is 1. The number of hydrogen-bond donors (Lipinski definition) is 1. The van der Waals surface area contributed by atoms with Gasteiger partial charge in [0.25, 0.3) is 0 Å². The molecular formula is C16H28N2OS. The lowest BCUT2D eigenvalue weighted by molar-refractivity contribution is -0.0237. The van der Waals surface area contributed by atoms with E-state index in [2.05, 4.69) is 49.4 Å². The highest BCUT2D eigenvalue weighted by atomic mass is 32.1. The van der Waals surface area contributed by atoms with Gasteiger partial charge < -0.3 is 10.1 Å². The maximum absolute atomic E-state index is 5.51. The standard InChI is InChI=1S/C16H28N2OS/c1-5-6-17-15(14-11-13(2)20-12-14)16(3,4)18-7-9-19-10-8-18/h11-12,15,17H,5-10H2,1-4H3. The maximum atomic E-state index is 5.51. The van der Waals surface area contributed by atoms with Gasteiger partial charge in [-0.3, -0.25) is 4.90 Å². The van der Waals surface area contributed by atoms with Crippen LogP contribution < -0.4 is 5.32 Å². The van der Waals surface area contributed by atoms with E-state index in [9.17, 15) is 0 Å². The lowest BCUT2D eigenvalue weighted by Gasteiger charge is -2.46. The molecule has 0 spiro atoms. The summed E-state index contributed by atoms with van der Waals surface area (Å²) in [5, 5.41) is 6.07. The first-order chi connectivity index (χ1) is 9.55. The molecule has 1 aromatic rings. The van der Waals surface area contributed by atoms with Crippen molar-refractivity contribution in [3.8, 4) is 0 Å². The number of hydrogen-bond acceptors (Lipinski definition) is 4. The molecule has 0 aromatic carbocycles. The Hall–Kier alpha value is -0.420. The monoisotopic (exact) mass is 296 g/mol. The number of rotatable bonds is 6. The van der Waals surface area contributed by atoms with Crippen LogP contribution in [-0.4, -0.2) is 43.3 Å². The summed E-state index contributed by atoms with van der Waals surface area (Å²) >= 11 is 1.85. The van der Waals surface area contributed by atoms with Crippen molar-refractivity contribution >= 4 is 11.3 Å². The van der Waals surface area contributed by atoms with E-state index >= 15 is 0 Å². The molecular weight excluding hydrogens is 268 g/mol. The van der Waals surface area contributed by atoms with Crippen LogP contribution in [0, 0.1) is 6.92 Å². The maximum Gasteiger partial charge on any atom is 0.0594 e. The summed E-state index contributed by atoms with van der Waals surface area (Å²) in [5.74, 6) is 0. The molecule has 0 amide bonds. The van der Waals surface area contributed by atoms with Crippen molar-refractivity contribution in [3.63, 3.8) is 0 Å². The van der Waals surface area contributed by atoms with Gasteiger partial charge in [0.15, 0.2) is 0 Å². The van der Waals surface area contributed by atoms with Gasteiger partial charge in [0, 0.05) is 23.5 Å². The lowest BCUT2D eigenvalue weighted by atomic mass is 9.87. The number of morpholine rings is 1. The van der Waals surface area contributed by atoms with Crippen molar-refractivity contribution in [2.45, 2.75) is 45.7 Å². The number of aryl methyl sites for hydroxylation is 1. The van der Waals surface area contributed by atoms with Gasteiger partial charge in [-0.1, -0.05) is 6.92 Å². The zero-order valence-corrected chi connectivity index (χ0v) is 14.1. The van der Waals surface area contributed by atoms with E-state index in [4.69, 9.17) is 4.74 Å². The van der Waals surface area contributed by atoms with Crippen LogP contribution >= 0.6 is 11.3 Å². The highest BCUT2D eigenvalue weighted by molar-refractivity contribution is 7.10. The Morgan fingerprint density at radius 1 is 1.40 bits per heavy atom. The molecule has 1 saturated heterocycles. The molecule has 1 fully saturated rings. The molecule has 0 aliphatic carbocycles. The fraction of sp³-hybridized carbons (Fsp3) is 0.750. The average molecular weight is 296 g/mol. The number of thiophene rings is 1. The summed E-state index contributed by atoms with van der Waals surface area (Å²) in [4.78, 5) is 3.96. The molecule has 0 bridgehead atoms. The summed E-state index contributed by atoms with van der Waals surface area (Å²) in [6.07, 6.45) is 1.17. The van der Waals surface area contributed by atoms with E-state index < -0.39 is 0 Å². The smallest absolute Gasteiger partial charge is 0.0594 e. The van der Waals surface area contributed by atoms with E-state index in [1.54, 1.807) is 0 Å². The van der Waals surface area contributed by atoms with Gasteiger partial charge in [-0.05, 0) is 50.7 Å². The molecule has 1 aliphatic rings. The third-order valence-electron chi connectivity index (χ3n) is 4.22. The molecule has 114 valence electrons. The van der Waals surface area contributed by atoms with Crippen molar-refractivity contribution in [1.82, 2.24) is 10.2 Å². The van der Waals surface area contributed by atoms with Crippen molar-refractivity contribution < 1.29 is 4.74 Å². The second kappa shape index (κ2) is 7.03. The molecule has 1 N–H and O–H groups in total. The van der Waals surface area contributed by atoms with Crippen molar-refractivity contribution in [2.75, 3.05) is 32.8 Å². The average Bonchev–Trinajstić information content (AvgIpc) is 2.86. The Bertz CT molecular complexity index is 410. The first kappa shape index (κ1) is 16.0. The normalized spacial score (nSPS) is 19.2. The fourth-order valence-corrected chi connectivity index (χ4v) is 3.73. The predicted molar refractivity (Wildman–Crippen MR) is 86.6 cm³/mol. The summed E-state index contributed by atoms with van der Waals surface area (Å²) < 4.78 is 5.51. The lowest BCUT2D eigenvalue weighted by Crippen LogP contribution is -2.56. The van der Waals surface area contributed by atoms with Gasteiger partial charge in [-0.25, -0.2) is 0 Å². The van der Waals surface area contributed by atoms with Gasteiger partial charge in [0.2, 0.25) is 0 Å². The van der Waals surface area contributed by atoms with Gasteiger partial charge in [-0.2, -0.15) is 0 Å². The summed E-state index contributed by atoms with van der Waals surface area (Å²) in [5.41, 5.74) is 1.53. The predicted octanol–water partition coefficient (Wildman–Crippen LogP) is 3.21. The molecule has 1 atom stereocenters. The number of ether oxygens (including phenoxy) is 1. The highest BCUT2D eigenvalue weighted by Crippen LogP contribution is 2.33. The van der Waals surface area contributed by atoms with E-state index in [0.717, 1.165) is 32.8 Å². The van der Waals surface area contributed by atoms with Crippen LogP contribution in [0.25, 0.3) is 0 Å². The Balaban J connectivity index is 2.19. The van der Waals surface area contributed by atoms with Crippen LogP contribution in [0.5, 0.6) is 0 Å². The van der Waals surface area contributed by atoms with Gasteiger partial charge in [0.1, 0.15) is 0 Å². The van der Waals surface area contributed by atoms with E-state index in [1.807, 2.05) is 11.3 Å². The number of nitrogens with one attached hydrogen (secondary N) is 1. The Morgan fingerprint density at radius 2 is 2.10 bits per heavy atom. The minimum atomic E-state index is 0.104. The topological polar surface area (TPSA) is 24.5 Å². The fourth-order valence-electron chi connectivity index (χ4n) is 3.00. The SMILES string of the molecule is CCCNC(c1csc(C)c1)C(C)(C)N1CCOCC1. The van der Waals surface area contributed by atoms with Crippen LogP contribution in [0.15, 0.2) is 11.4 Å². The zero-order valence-electron chi connectivity index (χ0n) is 13.2. The van der Waals surface area contributed by atoms with Crippen molar-refractivity contribution in [3.05, 3.63) is 21.9 Å². The molecule has 0 saturated carbocycles. The van der Waals surface area contributed by atoms with Crippen LogP contribution in [0.2, 0.25) is 0 Å². The second-order valence-electron chi connectivity index (χ2n) is 6.13. The second-order valence-corrected chi connectivity index (χ2v) is 7.25. The van der Waals surface area contributed by atoms with Crippen LogP contribution in [0.1, 0.15) is 43.7 Å². The van der Waals surface area contributed by atoms with Crippen LogP contribution in [-0.2, 0) is 4.74 Å².